The summed E-state index contributed by atoms with van der Waals surface area (Å²) in [5, 5.41) is 7.09. The van der Waals surface area contributed by atoms with Gasteiger partial charge in [-0.25, -0.2) is 0 Å². The van der Waals surface area contributed by atoms with Crippen LogP contribution in [0.1, 0.15) is 21.7 Å². The van der Waals surface area contributed by atoms with E-state index in [2.05, 4.69) is 20.1 Å². The minimum absolute atomic E-state index is 0. The minimum Gasteiger partial charge on any atom is -0.351 e. The molecule has 7 heteroatoms. The van der Waals surface area contributed by atoms with E-state index >= 15 is 0 Å². The van der Waals surface area contributed by atoms with Gasteiger partial charge in [0.15, 0.2) is 0 Å². The van der Waals surface area contributed by atoms with Crippen molar-refractivity contribution in [1.29, 1.82) is 0 Å². The molecule has 1 aliphatic heterocycles. The van der Waals surface area contributed by atoms with Crippen LogP contribution in [-0.4, -0.2) is 54.6 Å². The third kappa shape index (κ3) is 4.80. The standard InChI is InChI=1S/C19H25ClN4O.ClH/c1-14-13-18(15(2)24(14)17-5-3-16(20)4-6-17)19(25)22-9-12-23-10-7-21-8-11-23;/h3-6,13,21H,7-12H2,1-2H3,(H,22,25);1H. The molecule has 2 aromatic rings. The lowest BCUT2D eigenvalue weighted by Gasteiger charge is -2.27. The van der Waals surface area contributed by atoms with Crippen molar-refractivity contribution in [2.45, 2.75) is 13.8 Å². The molecular weight excluding hydrogens is 371 g/mol. The quantitative estimate of drug-likeness (QED) is 0.816. The van der Waals surface area contributed by atoms with Crippen LogP contribution in [0, 0.1) is 13.8 Å². The van der Waals surface area contributed by atoms with Crippen molar-refractivity contribution in [2.75, 3.05) is 39.3 Å². The van der Waals surface area contributed by atoms with Gasteiger partial charge in [-0.1, -0.05) is 11.6 Å². The third-order valence-electron chi connectivity index (χ3n) is 4.68. The fourth-order valence-corrected chi connectivity index (χ4v) is 3.46. The second-order valence-electron chi connectivity index (χ2n) is 6.44. The van der Waals surface area contributed by atoms with E-state index in [-0.39, 0.29) is 18.3 Å². The van der Waals surface area contributed by atoms with Crippen LogP contribution in [0.5, 0.6) is 0 Å². The zero-order valence-electron chi connectivity index (χ0n) is 15.2. The summed E-state index contributed by atoms with van der Waals surface area (Å²) in [5.41, 5.74) is 3.72. The smallest absolute Gasteiger partial charge is 0.253 e. The largest absolute Gasteiger partial charge is 0.351 e. The molecule has 0 aliphatic carbocycles. The summed E-state index contributed by atoms with van der Waals surface area (Å²) in [6.45, 7) is 9.69. The first-order chi connectivity index (χ1) is 12.1. The highest BCUT2D eigenvalue weighted by atomic mass is 35.5. The summed E-state index contributed by atoms with van der Waals surface area (Å²) in [7, 11) is 0. The fourth-order valence-electron chi connectivity index (χ4n) is 3.34. The predicted octanol–water partition coefficient (Wildman–Crippen LogP) is 2.80. The average molecular weight is 397 g/mol. The Morgan fingerprint density at radius 2 is 1.85 bits per heavy atom. The zero-order valence-corrected chi connectivity index (χ0v) is 16.8. The number of benzene rings is 1. The molecule has 0 atom stereocenters. The number of aromatic nitrogens is 1. The summed E-state index contributed by atoms with van der Waals surface area (Å²) in [5.74, 6) is -0.0107. The molecule has 0 bridgehead atoms. The Hall–Kier alpha value is -1.53. The zero-order chi connectivity index (χ0) is 17.8. The van der Waals surface area contributed by atoms with Gasteiger partial charge in [0.2, 0.25) is 0 Å². The van der Waals surface area contributed by atoms with Gasteiger partial charge in [-0.15, -0.1) is 12.4 Å². The Bertz CT molecular complexity index is 737. The lowest BCUT2D eigenvalue weighted by molar-refractivity contribution is 0.0946. The lowest BCUT2D eigenvalue weighted by Crippen LogP contribution is -2.46. The summed E-state index contributed by atoms with van der Waals surface area (Å²) in [4.78, 5) is 15.0. The molecule has 1 aromatic heterocycles. The summed E-state index contributed by atoms with van der Waals surface area (Å²) in [6.07, 6.45) is 0. The Labute approximate surface area is 166 Å². The van der Waals surface area contributed by atoms with E-state index in [4.69, 9.17) is 11.6 Å². The van der Waals surface area contributed by atoms with Crippen LogP contribution in [0.25, 0.3) is 5.69 Å². The number of rotatable bonds is 5. The molecule has 26 heavy (non-hydrogen) atoms. The first kappa shape index (κ1) is 20.8. The predicted molar refractivity (Wildman–Crippen MR) is 109 cm³/mol. The van der Waals surface area contributed by atoms with E-state index in [9.17, 15) is 4.79 Å². The average Bonchev–Trinajstić information content (AvgIpc) is 2.91. The molecule has 0 spiro atoms. The van der Waals surface area contributed by atoms with Gasteiger partial charge in [-0.05, 0) is 44.2 Å². The molecule has 0 saturated carbocycles. The Kier molecular flexibility index (Phi) is 7.53. The number of carbonyl (C=O) groups excluding carboxylic acids is 1. The highest BCUT2D eigenvalue weighted by Crippen LogP contribution is 2.22. The van der Waals surface area contributed by atoms with E-state index in [1.165, 1.54) is 0 Å². The molecule has 0 unspecified atom stereocenters. The number of nitrogens with one attached hydrogen (secondary N) is 2. The van der Waals surface area contributed by atoms with E-state index in [0.29, 0.717) is 11.6 Å². The molecule has 0 radical (unpaired) electrons. The molecular formula is C19H26Cl2N4O. The highest BCUT2D eigenvalue weighted by Gasteiger charge is 2.17. The maximum atomic E-state index is 12.6. The van der Waals surface area contributed by atoms with Crippen molar-refractivity contribution in [3.8, 4) is 5.69 Å². The number of hydrogen-bond acceptors (Lipinski definition) is 3. The number of hydrogen-bond donors (Lipinski definition) is 2. The molecule has 3 rings (SSSR count). The molecule has 1 amide bonds. The fraction of sp³-hybridized carbons (Fsp3) is 0.421. The van der Waals surface area contributed by atoms with Crippen molar-refractivity contribution in [3.05, 3.63) is 52.3 Å². The van der Waals surface area contributed by atoms with Gasteiger partial charge in [-0.2, -0.15) is 0 Å². The van der Waals surface area contributed by atoms with Crippen molar-refractivity contribution in [1.82, 2.24) is 20.1 Å². The summed E-state index contributed by atoms with van der Waals surface area (Å²) in [6, 6.07) is 9.61. The van der Waals surface area contributed by atoms with Crippen LogP contribution in [0.15, 0.2) is 30.3 Å². The normalized spacial score (nSPS) is 14.7. The van der Waals surface area contributed by atoms with Crippen LogP contribution in [0.2, 0.25) is 5.02 Å². The first-order valence-electron chi connectivity index (χ1n) is 8.72. The van der Waals surface area contributed by atoms with Crippen LogP contribution in [0.3, 0.4) is 0 Å². The van der Waals surface area contributed by atoms with Gasteiger partial charge in [0, 0.05) is 61.4 Å². The topological polar surface area (TPSA) is 49.3 Å². The van der Waals surface area contributed by atoms with Crippen molar-refractivity contribution < 1.29 is 4.79 Å². The van der Waals surface area contributed by atoms with Gasteiger partial charge in [0.05, 0.1) is 5.56 Å². The number of carbonyl (C=O) groups is 1. The van der Waals surface area contributed by atoms with Gasteiger partial charge in [-0.3, -0.25) is 9.69 Å². The Balaban J connectivity index is 0.00000243. The monoisotopic (exact) mass is 396 g/mol. The summed E-state index contributed by atoms with van der Waals surface area (Å²) >= 11 is 5.97. The number of halogens is 2. The van der Waals surface area contributed by atoms with Crippen molar-refractivity contribution in [3.63, 3.8) is 0 Å². The maximum absolute atomic E-state index is 12.6. The molecule has 142 valence electrons. The van der Waals surface area contributed by atoms with E-state index in [0.717, 1.165) is 55.4 Å². The van der Waals surface area contributed by atoms with Crippen LogP contribution in [0.4, 0.5) is 0 Å². The van der Waals surface area contributed by atoms with E-state index in [1.54, 1.807) is 0 Å². The second kappa shape index (κ2) is 9.42. The molecule has 1 fully saturated rings. The van der Waals surface area contributed by atoms with E-state index in [1.807, 2.05) is 44.2 Å². The first-order valence-corrected chi connectivity index (χ1v) is 9.10. The number of aryl methyl sites for hydroxylation is 1. The minimum atomic E-state index is -0.0107. The van der Waals surface area contributed by atoms with Crippen LogP contribution >= 0.6 is 24.0 Å². The van der Waals surface area contributed by atoms with Gasteiger partial charge in [0.1, 0.15) is 0 Å². The third-order valence-corrected chi connectivity index (χ3v) is 4.94. The molecule has 1 aromatic carbocycles. The number of amides is 1. The van der Waals surface area contributed by atoms with Gasteiger partial charge < -0.3 is 15.2 Å². The molecule has 2 heterocycles. The molecule has 5 nitrogen and oxygen atoms in total. The Morgan fingerprint density at radius 3 is 2.50 bits per heavy atom. The molecule has 1 saturated heterocycles. The molecule has 1 aliphatic rings. The second-order valence-corrected chi connectivity index (χ2v) is 6.88. The highest BCUT2D eigenvalue weighted by molar-refractivity contribution is 6.30. The summed E-state index contributed by atoms with van der Waals surface area (Å²) < 4.78 is 2.08. The number of piperazine rings is 1. The van der Waals surface area contributed by atoms with Gasteiger partial charge in [0.25, 0.3) is 5.91 Å². The van der Waals surface area contributed by atoms with E-state index < -0.39 is 0 Å². The SMILES string of the molecule is Cc1cc(C(=O)NCCN2CCNCC2)c(C)n1-c1ccc(Cl)cc1.Cl. The van der Waals surface area contributed by atoms with Gasteiger partial charge >= 0.3 is 0 Å². The van der Waals surface area contributed by atoms with Crippen LogP contribution < -0.4 is 10.6 Å². The number of nitrogens with zero attached hydrogens (tertiary/aromatic N) is 2. The van der Waals surface area contributed by atoms with Crippen molar-refractivity contribution >= 4 is 29.9 Å². The maximum Gasteiger partial charge on any atom is 0.253 e. The van der Waals surface area contributed by atoms with Crippen LogP contribution in [-0.2, 0) is 0 Å². The molecule has 2 N–H and O–H groups in total. The van der Waals surface area contributed by atoms with Crippen molar-refractivity contribution in [2.24, 2.45) is 0 Å². The Morgan fingerprint density at radius 1 is 1.19 bits per heavy atom. The lowest BCUT2D eigenvalue weighted by atomic mass is 10.2.